The highest BCUT2D eigenvalue weighted by Gasteiger charge is 2.12. The quantitative estimate of drug-likeness (QED) is 0.883. The normalized spacial score (nSPS) is 10.1. The van der Waals surface area contributed by atoms with E-state index in [9.17, 15) is 4.79 Å². The molecule has 0 saturated carbocycles. The van der Waals surface area contributed by atoms with Gasteiger partial charge in [0.15, 0.2) is 0 Å². The second kappa shape index (κ2) is 5.31. The SMILES string of the molecule is COc1ccccc1-c1noc(CNC(C)=O)n1. The lowest BCUT2D eigenvalue weighted by atomic mass is 10.2. The standard InChI is InChI=1S/C12H13N3O3/c1-8(16)13-7-11-14-12(15-18-11)9-5-3-4-6-10(9)17-2/h3-6H,7H2,1-2H3,(H,13,16). The number of carbonyl (C=O) groups is 1. The lowest BCUT2D eigenvalue weighted by Gasteiger charge is -2.03. The molecule has 1 amide bonds. The van der Waals surface area contributed by atoms with Gasteiger partial charge < -0.3 is 14.6 Å². The molecule has 1 aromatic heterocycles. The first-order valence-corrected chi connectivity index (χ1v) is 5.41. The number of aromatic nitrogens is 2. The predicted octanol–water partition coefficient (Wildman–Crippen LogP) is 1.38. The van der Waals surface area contributed by atoms with Gasteiger partial charge in [0.25, 0.3) is 0 Å². The van der Waals surface area contributed by atoms with Crippen LogP contribution in [0.25, 0.3) is 11.4 Å². The summed E-state index contributed by atoms with van der Waals surface area (Å²) in [6.07, 6.45) is 0. The molecule has 0 radical (unpaired) electrons. The minimum absolute atomic E-state index is 0.146. The molecule has 0 aliphatic rings. The Labute approximate surface area is 104 Å². The second-order valence-corrected chi connectivity index (χ2v) is 3.62. The molecule has 2 rings (SSSR count). The number of ether oxygens (including phenoxy) is 1. The van der Waals surface area contributed by atoms with Gasteiger partial charge in [0.2, 0.25) is 17.6 Å². The first kappa shape index (κ1) is 12.1. The molecule has 2 aromatic rings. The van der Waals surface area contributed by atoms with Gasteiger partial charge in [0.1, 0.15) is 5.75 Å². The van der Waals surface area contributed by atoms with Crippen molar-refractivity contribution in [3.63, 3.8) is 0 Å². The molecule has 6 nitrogen and oxygen atoms in total. The van der Waals surface area contributed by atoms with E-state index in [1.54, 1.807) is 7.11 Å². The fourth-order valence-corrected chi connectivity index (χ4v) is 1.47. The molecule has 1 N–H and O–H groups in total. The minimum atomic E-state index is -0.146. The monoisotopic (exact) mass is 247 g/mol. The van der Waals surface area contributed by atoms with Crippen LogP contribution in [0, 0.1) is 0 Å². The smallest absolute Gasteiger partial charge is 0.246 e. The predicted molar refractivity (Wildman–Crippen MR) is 63.8 cm³/mol. The third-order valence-electron chi connectivity index (χ3n) is 2.30. The maximum Gasteiger partial charge on any atom is 0.246 e. The Hall–Kier alpha value is -2.37. The van der Waals surface area contributed by atoms with Crippen molar-refractivity contribution >= 4 is 5.91 Å². The zero-order valence-corrected chi connectivity index (χ0v) is 10.1. The van der Waals surface area contributed by atoms with Crippen molar-refractivity contribution in [3.05, 3.63) is 30.2 Å². The first-order valence-electron chi connectivity index (χ1n) is 5.41. The average molecular weight is 247 g/mol. The summed E-state index contributed by atoms with van der Waals surface area (Å²) < 4.78 is 10.3. The van der Waals surface area contributed by atoms with E-state index in [2.05, 4.69) is 15.5 Å². The van der Waals surface area contributed by atoms with Crippen molar-refractivity contribution in [1.29, 1.82) is 0 Å². The molecule has 1 aromatic carbocycles. The average Bonchev–Trinajstić information content (AvgIpc) is 2.85. The minimum Gasteiger partial charge on any atom is -0.496 e. The fourth-order valence-electron chi connectivity index (χ4n) is 1.47. The molecule has 6 heteroatoms. The number of amides is 1. The highest BCUT2D eigenvalue weighted by atomic mass is 16.5. The van der Waals surface area contributed by atoms with Gasteiger partial charge in [-0.2, -0.15) is 4.98 Å². The van der Waals surface area contributed by atoms with Gasteiger partial charge >= 0.3 is 0 Å². The number of hydrogen-bond acceptors (Lipinski definition) is 5. The lowest BCUT2D eigenvalue weighted by molar-refractivity contribution is -0.119. The van der Waals surface area contributed by atoms with E-state index in [1.165, 1.54) is 6.92 Å². The van der Waals surface area contributed by atoms with Gasteiger partial charge in [-0.3, -0.25) is 4.79 Å². The Kier molecular flexibility index (Phi) is 3.57. The molecule has 0 unspecified atom stereocenters. The zero-order valence-electron chi connectivity index (χ0n) is 10.1. The van der Waals surface area contributed by atoms with Crippen molar-refractivity contribution in [3.8, 4) is 17.1 Å². The molecule has 1 heterocycles. The van der Waals surface area contributed by atoms with Crippen LogP contribution in [0.2, 0.25) is 0 Å². The molecule has 0 fully saturated rings. The number of carbonyl (C=O) groups excluding carboxylic acids is 1. The zero-order chi connectivity index (χ0) is 13.0. The topological polar surface area (TPSA) is 77.3 Å². The summed E-state index contributed by atoms with van der Waals surface area (Å²) in [5.41, 5.74) is 0.748. The maximum absolute atomic E-state index is 10.8. The van der Waals surface area contributed by atoms with E-state index in [1.807, 2.05) is 24.3 Å². The number of methoxy groups -OCH3 is 1. The van der Waals surface area contributed by atoms with Gasteiger partial charge in [-0.05, 0) is 12.1 Å². The van der Waals surface area contributed by atoms with Crippen LogP contribution < -0.4 is 10.1 Å². The van der Waals surface area contributed by atoms with Crippen LogP contribution in [0.15, 0.2) is 28.8 Å². The third kappa shape index (κ3) is 2.65. The molecule has 0 saturated heterocycles. The number of para-hydroxylation sites is 1. The Morgan fingerprint density at radius 1 is 1.44 bits per heavy atom. The molecule has 18 heavy (non-hydrogen) atoms. The van der Waals surface area contributed by atoms with Crippen molar-refractivity contribution in [1.82, 2.24) is 15.5 Å². The van der Waals surface area contributed by atoms with Crippen LogP contribution in [-0.4, -0.2) is 23.2 Å². The largest absolute Gasteiger partial charge is 0.496 e. The Morgan fingerprint density at radius 2 is 2.22 bits per heavy atom. The van der Waals surface area contributed by atoms with E-state index in [0.29, 0.717) is 17.5 Å². The Bertz CT molecular complexity index is 551. The third-order valence-corrected chi connectivity index (χ3v) is 2.30. The maximum atomic E-state index is 10.8. The lowest BCUT2D eigenvalue weighted by Crippen LogP contribution is -2.18. The van der Waals surface area contributed by atoms with Crippen LogP contribution in [0.3, 0.4) is 0 Å². The second-order valence-electron chi connectivity index (χ2n) is 3.62. The Balaban J connectivity index is 2.21. The number of benzene rings is 1. The fraction of sp³-hybridized carbons (Fsp3) is 0.250. The van der Waals surface area contributed by atoms with Gasteiger partial charge in [-0.25, -0.2) is 0 Å². The summed E-state index contributed by atoms with van der Waals surface area (Å²) in [7, 11) is 1.58. The molecular weight excluding hydrogens is 234 g/mol. The van der Waals surface area contributed by atoms with Crippen LogP contribution in [0.5, 0.6) is 5.75 Å². The Morgan fingerprint density at radius 3 is 2.94 bits per heavy atom. The molecule has 0 bridgehead atoms. The van der Waals surface area contributed by atoms with Crippen LogP contribution in [0.1, 0.15) is 12.8 Å². The summed E-state index contributed by atoms with van der Waals surface area (Å²) >= 11 is 0. The van der Waals surface area contributed by atoms with Crippen molar-refractivity contribution < 1.29 is 14.1 Å². The van der Waals surface area contributed by atoms with E-state index in [0.717, 1.165) is 5.56 Å². The molecule has 94 valence electrons. The van der Waals surface area contributed by atoms with E-state index >= 15 is 0 Å². The van der Waals surface area contributed by atoms with E-state index in [4.69, 9.17) is 9.26 Å². The number of hydrogen-bond donors (Lipinski definition) is 1. The van der Waals surface area contributed by atoms with E-state index in [-0.39, 0.29) is 12.5 Å². The number of nitrogens with one attached hydrogen (secondary N) is 1. The highest BCUT2D eigenvalue weighted by Crippen LogP contribution is 2.26. The molecule has 0 aliphatic carbocycles. The molecule has 0 spiro atoms. The van der Waals surface area contributed by atoms with Crippen molar-refractivity contribution in [2.75, 3.05) is 7.11 Å². The van der Waals surface area contributed by atoms with Crippen LogP contribution >= 0.6 is 0 Å². The van der Waals surface area contributed by atoms with E-state index < -0.39 is 0 Å². The molecule has 0 atom stereocenters. The highest BCUT2D eigenvalue weighted by molar-refractivity contribution is 5.72. The number of rotatable bonds is 4. The summed E-state index contributed by atoms with van der Waals surface area (Å²) in [6.45, 7) is 1.65. The van der Waals surface area contributed by atoms with Gasteiger partial charge in [-0.15, -0.1) is 0 Å². The van der Waals surface area contributed by atoms with Crippen molar-refractivity contribution in [2.45, 2.75) is 13.5 Å². The van der Waals surface area contributed by atoms with Crippen LogP contribution in [-0.2, 0) is 11.3 Å². The summed E-state index contributed by atoms with van der Waals surface area (Å²) in [5.74, 6) is 1.32. The number of nitrogens with zero attached hydrogens (tertiary/aromatic N) is 2. The van der Waals surface area contributed by atoms with Gasteiger partial charge in [0, 0.05) is 6.92 Å². The summed E-state index contributed by atoms with van der Waals surface area (Å²) in [5, 5.41) is 6.44. The summed E-state index contributed by atoms with van der Waals surface area (Å²) in [4.78, 5) is 15.0. The molecule has 0 aliphatic heterocycles. The summed E-state index contributed by atoms with van der Waals surface area (Å²) in [6, 6.07) is 7.38. The van der Waals surface area contributed by atoms with Gasteiger partial charge in [-0.1, -0.05) is 17.3 Å². The molecular formula is C12H13N3O3. The van der Waals surface area contributed by atoms with Gasteiger partial charge in [0.05, 0.1) is 19.2 Å². The van der Waals surface area contributed by atoms with Crippen LogP contribution in [0.4, 0.5) is 0 Å². The first-order chi connectivity index (χ1) is 8.70. The van der Waals surface area contributed by atoms with Crippen molar-refractivity contribution in [2.24, 2.45) is 0 Å².